The van der Waals surface area contributed by atoms with Gasteiger partial charge in [-0.25, -0.2) is 0 Å². The number of aromatic hydroxyl groups is 1. The maximum absolute atomic E-state index is 10.3. The summed E-state index contributed by atoms with van der Waals surface area (Å²) >= 11 is 0. The van der Waals surface area contributed by atoms with Gasteiger partial charge in [0.2, 0.25) is 0 Å². The minimum Gasteiger partial charge on any atom is -0.506 e. The molecule has 3 nitrogen and oxygen atoms in total. The van der Waals surface area contributed by atoms with Crippen LogP contribution in [0, 0.1) is 5.41 Å². The van der Waals surface area contributed by atoms with Crippen molar-refractivity contribution in [1.82, 2.24) is 0 Å². The first kappa shape index (κ1) is 20.2. The number of anilines is 2. The van der Waals surface area contributed by atoms with Crippen molar-refractivity contribution < 1.29 is 5.11 Å². The molecule has 3 rings (SSSR count). The molecule has 0 bridgehead atoms. The van der Waals surface area contributed by atoms with Gasteiger partial charge in [-0.3, -0.25) is 0 Å². The van der Waals surface area contributed by atoms with Gasteiger partial charge in [-0.2, -0.15) is 0 Å². The van der Waals surface area contributed by atoms with Crippen LogP contribution in [0.4, 0.5) is 11.4 Å². The van der Waals surface area contributed by atoms with Gasteiger partial charge in [-0.1, -0.05) is 13.8 Å². The molecule has 0 spiro atoms. The van der Waals surface area contributed by atoms with Gasteiger partial charge >= 0.3 is 0 Å². The average molecular weight is 361 g/mol. The summed E-state index contributed by atoms with van der Waals surface area (Å²) in [5.41, 5.74) is 2.73. The molecule has 0 aliphatic carbocycles. The lowest BCUT2D eigenvalue weighted by Crippen LogP contribution is -2.37. The van der Waals surface area contributed by atoms with E-state index in [2.05, 4.69) is 35.8 Å². The van der Waals surface area contributed by atoms with Gasteiger partial charge in [-0.15, -0.1) is 24.8 Å². The fraction of sp³-hybridized carbons (Fsp3) is 0.667. The maximum atomic E-state index is 10.3. The highest BCUT2D eigenvalue weighted by Gasteiger charge is 2.27. The zero-order chi connectivity index (χ0) is 14.9. The van der Waals surface area contributed by atoms with Gasteiger partial charge < -0.3 is 14.9 Å². The molecule has 2 heterocycles. The summed E-state index contributed by atoms with van der Waals surface area (Å²) in [7, 11) is 0. The number of nitrogens with zero attached hydrogens (tertiary/aromatic N) is 2. The second-order valence-corrected chi connectivity index (χ2v) is 7.37. The van der Waals surface area contributed by atoms with Gasteiger partial charge in [0, 0.05) is 31.9 Å². The van der Waals surface area contributed by atoms with Crippen molar-refractivity contribution >= 4 is 36.2 Å². The lowest BCUT2D eigenvalue weighted by Gasteiger charge is -2.39. The lowest BCUT2D eigenvalue weighted by molar-refractivity contribution is 0.279. The minimum atomic E-state index is 0. The molecule has 0 radical (unpaired) electrons. The zero-order valence-corrected chi connectivity index (χ0v) is 15.9. The fourth-order valence-electron chi connectivity index (χ4n) is 3.47. The normalized spacial score (nSPS) is 20.4. The van der Waals surface area contributed by atoms with Gasteiger partial charge in [-0.05, 0) is 55.7 Å². The van der Waals surface area contributed by atoms with E-state index in [-0.39, 0.29) is 24.8 Å². The number of rotatable bonds is 2. The second-order valence-electron chi connectivity index (χ2n) is 7.37. The Kier molecular flexibility index (Phi) is 7.34. The van der Waals surface area contributed by atoms with Crippen molar-refractivity contribution in [3.8, 4) is 5.75 Å². The first-order chi connectivity index (χ1) is 10.1. The average Bonchev–Trinajstić information content (AvgIpc) is 2.49. The topological polar surface area (TPSA) is 26.7 Å². The molecule has 1 aromatic rings. The molecule has 132 valence electrons. The van der Waals surface area contributed by atoms with Crippen molar-refractivity contribution in [3.05, 3.63) is 18.2 Å². The van der Waals surface area contributed by atoms with Crippen LogP contribution in [0.1, 0.15) is 46.0 Å². The minimum absolute atomic E-state index is 0. The molecule has 0 amide bonds. The Morgan fingerprint density at radius 2 is 1.48 bits per heavy atom. The first-order valence-corrected chi connectivity index (χ1v) is 8.38. The Morgan fingerprint density at radius 1 is 0.870 bits per heavy atom. The Labute approximate surface area is 152 Å². The number of hydrogen-bond donors (Lipinski definition) is 1. The van der Waals surface area contributed by atoms with Crippen LogP contribution in [0.25, 0.3) is 0 Å². The Bertz CT molecular complexity index is 492. The molecular formula is C18H30Cl2N2O. The Balaban J connectivity index is 0.00000132. The third-order valence-electron chi connectivity index (χ3n) is 5.14. The van der Waals surface area contributed by atoms with Crippen molar-refractivity contribution in [2.24, 2.45) is 5.41 Å². The third kappa shape index (κ3) is 4.84. The number of benzene rings is 1. The molecule has 0 aromatic heterocycles. The highest BCUT2D eigenvalue weighted by atomic mass is 35.5. The van der Waals surface area contributed by atoms with E-state index in [1.165, 1.54) is 37.8 Å². The Morgan fingerprint density at radius 3 is 2.09 bits per heavy atom. The number of phenols is 1. The van der Waals surface area contributed by atoms with Crippen LogP contribution in [0.15, 0.2) is 18.2 Å². The van der Waals surface area contributed by atoms with E-state index >= 15 is 0 Å². The number of hydrogen-bond acceptors (Lipinski definition) is 3. The van der Waals surface area contributed by atoms with Crippen LogP contribution in [-0.2, 0) is 0 Å². The van der Waals surface area contributed by atoms with E-state index in [1.54, 1.807) is 0 Å². The smallest absolute Gasteiger partial charge is 0.139 e. The maximum Gasteiger partial charge on any atom is 0.139 e. The van der Waals surface area contributed by atoms with Crippen molar-refractivity contribution in [3.63, 3.8) is 0 Å². The molecule has 2 saturated heterocycles. The van der Waals surface area contributed by atoms with Crippen molar-refractivity contribution in [2.75, 3.05) is 36.0 Å². The van der Waals surface area contributed by atoms with E-state index in [1.807, 2.05) is 6.07 Å². The highest BCUT2D eigenvalue weighted by molar-refractivity contribution is 5.85. The third-order valence-corrected chi connectivity index (χ3v) is 5.14. The van der Waals surface area contributed by atoms with E-state index in [0.717, 1.165) is 31.9 Å². The summed E-state index contributed by atoms with van der Waals surface area (Å²) < 4.78 is 0. The van der Waals surface area contributed by atoms with Crippen molar-refractivity contribution in [2.45, 2.75) is 46.0 Å². The molecule has 2 fully saturated rings. The van der Waals surface area contributed by atoms with Crippen LogP contribution >= 0.6 is 24.8 Å². The summed E-state index contributed by atoms with van der Waals surface area (Å²) in [6.07, 6.45) is 6.31. The van der Waals surface area contributed by atoms with E-state index in [0.29, 0.717) is 11.2 Å². The molecule has 0 saturated carbocycles. The molecule has 0 atom stereocenters. The number of piperidine rings is 2. The monoisotopic (exact) mass is 360 g/mol. The summed E-state index contributed by atoms with van der Waals surface area (Å²) in [5, 5.41) is 10.3. The van der Waals surface area contributed by atoms with Crippen LogP contribution in [0.3, 0.4) is 0 Å². The molecule has 1 N–H and O–H groups in total. The molecule has 1 aromatic carbocycles. The zero-order valence-electron chi connectivity index (χ0n) is 14.3. The van der Waals surface area contributed by atoms with Gasteiger partial charge in [0.05, 0.1) is 5.69 Å². The van der Waals surface area contributed by atoms with Crippen LogP contribution in [0.2, 0.25) is 0 Å². The van der Waals surface area contributed by atoms with Crippen molar-refractivity contribution in [1.29, 1.82) is 0 Å². The molecule has 2 aliphatic heterocycles. The summed E-state index contributed by atoms with van der Waals surface area (Å²) in [4.78, 5) is 4.81. The van der Waals surface area contributed by atoms with E-state index in [9.17, 15) is 5.11 Å². The van der Waals surface area contributed by atoms with Gasteiger partial charge in [0.15, 0.2) is 0 Å². The quantitative estimate of drug-likeness (QED) is 0.816. The van der Waals surface area contributed by atoms with E-state index < -0.39 is 0 Å². The van der Waals surface area contributed by atoms with Crippen LogP contribution in [-0.4, -0.2) is 31.3 Å². The van der Waals surface area contributed by atoms with Crippen LogP contribution in [0.5, 0.6) is 5.75 Å². The fourth-order valence-corrected chi connectivity index (χ4v) is 3.47. The SMILES string of the molecule is CC1(C)CCN(c2cc(N3CCCCC3)ccc2O)CC1.Cl.Cl. The summed E-state index contributed by atoms with van der Waals surface area (Å²) in [6.45, 7) is 9.07. The van der Waals surface area contributed by atoms with E-state index in [4.69, 9.17) is 0 Å². The molecule has 2 aliphatic rings. The second kappa shape index (κ2) is 8.34. The van der Waals surface area contributed by atoms with Crippen LogP contribution < -0.4 is 9.80 Å². The highest BCUT2D eigenvalue weighted by Crippen LogP contribution is 2.37. The summed E-state index contributed by atoms with van der Waals surface area (Å²) in [6, 6.07) is 6.13. The predicted octanol–water partition coefficient (Wildman–Crippen LogP) is 4.85. The lowest BCUT2D eigenvalue weighted by atomic mass is 9.82. The number of phenolic OH excluding ortho intramolecular Hbond substituents is 1. The summed E-state index contributed by atoms with van der Waals surface area (Å²) in [5.74, 6) is 0.426. The van der Waals surface area contributed by atoms with Gasteiger partial charge in [0.25, 0.3) is 0 Å². The predicted molar refractivity (Wildman–Crippen MR) is 104 cm³/mol. The molecule has 0 unspecified atom stereocenters. The molecular weight excluding hydrogens is 331 g/mol. The molecule has 23 heavy (non-hydrogen) atoms. The largest absolute Gasteiger partial charge is 0.506 e. The molecule has 5 heteroatoms. The Hall–Kier alpha value is -0.800. The van der Waals surface area contributed by atoms with Gasteiger partial charge in [0.1, 0.15) is 5.75 Å². The number of halogens is 2. The standard InChI is InChI=1S/C18H28N2O.2ClH/c1-18(2)8-12-20(13-9-18)16-14-15(6-7-17(16)21)19-10-4-3-5-11-19;;/h6-7,14,21H,3-5,8-13H2,1-2H3;2*1H. The first-order valence-electron chi connectivity index (χ1n) is 8.38.